The van der Waals surface area contributed by atoms with Crippen LogP contribution in [0.25, 0.3) is 5.65 Å². The molecule has 1 N–H and O–H groups in total. The first-order valence-corrected chi connectivity index (χ1v) is 10.5. The van der Waals surface area contributed by atoms with E-state index in [4.69, 9.17) is 9.72 Å². The SMILES string of the molecule is CC(C)c1nc2cc(C(=O)Nc3ccncc3)ccn2c1COC1CCCCC1. The van der Waals surface area contributed by atoms with Crippen molar-refractivity contribution in [2.75, 3.05) is 5.32 Å². The number of nitrogens with zero attached hydrogens (tertiary/aromatic N) is 3. The first-order chi connectivity index (χ1) is 14.1. The molecule has 0 spiro atoms. The molecule has 29 heavy (non-hydrogen) atoms. The van der Waals surface area contributed by atoms with Crippen LogP contribution in [0.5, 0.6) is 0 Å². The summed E-state index contributed by atoms with van der Waals surface area (Å²) < 4.78 is 8.29. The van der Waals surface area contributed by atoms with Gasteiger partial charge in [0.1, 0.15) is 5.65 Å². The summed E-state index contributed by atoms with van der Waals surface area (Å²) in [5.41, 5.74) is 4.19. The average molecular weight is 393 g/mol. The van der Waals surface area contributed by atoms with Gasteiger partial charge in [-0.2, -0.15) is 0 Å². The Morgan fingerprint density at radius 2 is 1.97 bits per heavy atom. The van der Waals surface area contributed by atoms with Gasteiger partial charge in [-0.15, -0.1) is 0 Å². The molecule has 152 valence electrons. The summed E-state index contributed by atoms with van der Waals surface area (Å²) in [5.74, 6) is 0.127. The lowest BCUT2D eigenvalue weighted by Gasteiger charge is -2.22. The van der Waals surface area contributed by atoms with E-state index in [2.05, 4.69) is 28.5 Å². The Labute approximate surface area is 171 Å². The lowest BCUT2D eigenvalue weighted by molar-refractivity contribution is 0.0145. The number of nitrogens with one attached hydrogen (secondary N) is 1. The predicted molar refractivity (Wildman–Crippen MR) is 113 cm³/mol. The molecule has 0 bridgehead atoms. The first-order valence-electron chi connectivity index (χ1n) is 10.5. The van der Waals surface area contributed by atoms with E-state index in [-0.39, 0.29) is 11.8 Å². The maximum atomic E-state index is 12.6. The minimum Gasteiger partial charge on any atom is -0.372 e. The van der Waals surface area contributed by atoms with E-state index in [0.29, 0.717) is 18.3 Å². The van der Waals surface area contributed by atoms with Crippen molar-refractivity contribution in [2.45, 2.75) is 64.6 Å². The van der Waals surface area contributed by atoms with Gasteiger partial charge in [-0.25, -0.2) is 4.98 Å². The number of imidazole rings is 1. The average Bonchev–Trinajstić information content (AvgIpc) is 3.12. The quantitative estimate of drug-likeness (QED) is 0.644. The molecule has 0 atom stereocenters. The van der Waals surface area contributed by atoms with E-state index in [9.17, 15) is 4.79 Å². The highest BCUT2D eigenvalue weighted by atomic mass is 16.5. The molecular weight excluding hydrogens is 364 g/mol. The molecule has 0 saturated heterocycles. The Morgan fingerprint density at radius 1 is 1.21 bits per heavy atom. The van der Waals surface area contributed by atoms with E-state index >= 15 is 0 Å². The van der Waals surface area contributed by atoms with Gasteiger partial charge in [0.2, 0.25) is 0 Å². The monoisotopic (exact) mass is 392 g/mol. The number of anilines is 1. The van der Waals surface area contributed by atoms with Gasteiger partial charge in [-0.05, 0) is 43.0 Å². The number of ether oxygens (including phenoxy) is 1. The van der Waals surface area contributed by atoms with E-state index in [1.54, 1.807) is 24.5 Å². The summed E-state index contributed by atoms with van der Waals surface area (Å²) >= 11 is 0. The first kappa shape index (κ1) is 19.6. The lowest BCUT2D eigenvalue weighted by Crippen LogP contribution is -2.17. The van der Waals surface area contributed by atoms with Crippen LogP contribution < -0.4 is 5.32 Å². The second-order valence-corrected chi connectivity index (χ2v) is 8.00. The lowest BCUT2D eigenvalue weighted by atomic mass is 9.98. The zero-order chi connectivity index (χ0) is 20.2. The highest BCUT2D eigenvalue weighted by molar-refractivity contribution is 6.04. The molecule has 0 radical (unpaired) electrons. The van der Waals surface area contributed by atoms with Gasteiger partial charge in [0.25, 0.3) is 5.91 Å². The molecule has 1 aliphatic carbocycles. The largest absolute Gasteiger partial charge is 0.372 e. The third kappa shape index (κ3) is 4.48. The van der Waals surface area contributed by atoms with Crippen LogP contribution in [0.15, 0.2) is 42.9 Å². The number of hydrogen-bond acceptors (Lipinski definition) is 4. The van der Waals surface area contributed by atoms with E-state index in [1.807, 2.05) is 18.3 Å². The number of carbonyl (C=O) groups is 1. The Balaban J connectivity index is 1.57. The number of rotatable bonds is 6. The van der Waals surface area contributed by atoms with Crippen molar-refractivity contribution in [1.29, 1.82) is 0 Å². The molecule has 1 aliphatic rings. The Morgan fingerprint density at radius 3 is 2.69 bits per heavy atom. The van der Waals surface area contributed by atoms with Crippen molar-refractivity contribution in [2.24, 2.45) is 0 Å². The smallest absolute Gasteiger partial charge is 0.255 e. The summed E-state index contributed by atoms with van der Waals surface area (Å²) in [7, 11) is 0. The van der Waals surface area contributed by atoms with E-state index in [0.717, 1.165) is 35.6 Å². The van der Waals surface area contributed by atoms with Crippen LogP contribution in [-0.4, -0.2) is 26.4 Å². The molecule has 0 aromatic carbocycles. The second kappa shape index (κ2) is 8.74. The number of amides is 1. The van der Waals surface area contributed by atoms with Crippen molar-refractivity contribution >= 4 is 17.2 Å². The fourth-order valence-corrected chi connectivity index (χ4v) is 3.93. The summed E-state index contributed by atoms with van der Waals surface area (Å²) in [4.78, 5) is 21.4. The Bertz CT molecular complexity index is 975. The van der Waals surface area contributed by atoms with Gasteiger partial charge in [-0.1, -0.05) is 33.1 Å². The fraction of sp³-hybridized carbons (Fsp3) is 0.435. The van der Waals surface area contributed by atoms with Crippen LogP contribution in [0.4, 0.5) is 5.69 Å². The minimum absolute atomic E-state index is 0.159. The molecule has 3 heterocycles. The molecule has 4 rings (SSSR count). The standard InChI is InChI=1S/C23H28N4O2/c1-16(2)22-20(15-29-19-6-4-3-5-7-19)27-13-10-17(14-21(27)26-22)23(28)25-18-8-11-24-12-9-18/h8-14,16,19H,3-7,15H2,1-2H3,(H,24,25,28). The third-order valence-corrected chi connectivity index (χ3v) is 5.51. The number of fused-ring (bicyclic) bond motifs is 1. The van der Waals surface area contributed by atoms with Gasteiger partial charge < -0.3 is 14.5 Å². The number of aromatic nitrogens is 3. The molecular formula is C23H28N4O2. The van der Waals surface area contributed by atoms with Gasteiger partial charge in [0.05, 0.1) is 24.1 Å². The summed E-state index contributed by atoms with van der Waals surface area (Å²) in [6.07, 6.45) is 11.7. The van der Waals surface area contributed by atoms with E-state index in [1.165, 1.54) is 19.3 Å². The molecule has 0 aliphatic heterocycles. The number of carbonyl (C=O) groups excluding carboxylic acids is 1. The van der Waals surface area contributed by atoms with Crippen LogP contribution in [-0.2, 0) is 11.3 Å². The normalized spacial score (nSPS) is 15.1. The Hall–Kier alpha value is -2.73. The topological polar surface area (TPSA) is 68.5 Å². The van der Waals surface area contributed by atoms with Gasteiger partial charge in [-0.3, -0.25) is 9.78 Å². The third-order valence-electron chi connectivity index (χ3n) is 5.51. The maximum Gasteiger partial charge on any atom is 0.255 e. The summed E-state index contributed by atoms with van der Waals surface area (Å²) in [6.45, 7) is 4.84. The van der Waals surface area contributed by atoms with Crippen molar-refractivity contribution in [3.05, 3.63) is 59.8 Å². The maximum absolute atomic E-state index is 12.6. The molecule has 6 nitrogen and oxygen atoms in total. The molecule has 0 unspecified atom stereocenters. The van der Waals surface area contributed by atoms with Crippen LogP contribution in [0.2, 0.25) is 0 Å². The predicted octanol–water partition coefficient (Wildman–Crippen LogP) is 4.95. The van der Waals surface area contributed by atoms with Gasteiger partial charge in [0.15, 0.2) is 0 Å². The van der Waals surface area contributed by atoms with Crippen LogP contribution in [0.3, 0.4) is 0 Å². The molecule has 1 saturated carbocycles. The molecule has 6 heteroatoms. The second-order valence-electron chi connectivity index (χ2n) is 8.00. The highest BCUT2D eigenvalue weighted by Crippen LogP contribution is 2.26. The van der Waals surface area contributed by atoms with Crippen molar-refractivity contribution in [1.82, 2.24) is 14.4 Å². The highest BCUT2D eigenvalue weighted by Gasteiger charge is 2.20. The zero-order valence-corrected chi connectivity index (χ0v) is 17.1. The van der Waals surface area contributed by atoms with Gasteiger partial charge in [0, 0.05) is 29.8 Å². The fourth-order valence-electron chi connectivity index (χ4n) is 3.93. The zero-order valence-electron chi connectivity index (χ0n) is 17.1. The molecule has 3 aromatic rings. The minimum atomic E-state index is -0.159. The van der Waals surface area contributed by atoms with Crippen LogP contribution >= 0.6 is 0 Å². The molecule has 1 fully saturated rings. The van der Waals surface area contributed by atoms with Crippen molar-refractivity contribution < 1.29 is 9.53 Å². The van der Waals surface area contributed by atoms with Crippen LogP contribution in [0, 0.1) is 0 Å². The number of pyridine rings is 2. The molecule has 1 amide bonds. The molecule has 3 aromatic heterocycles. The summed E-state index contributed by atoms with van der Waals surface area (Å²) in [5, 5.41) is 2.89. The van der Waals surface area contributed by atoms with E-state index < -0.39 is 0 Å². The van der Waals surface area contributed by atoms with Crippen LogP contribution in [0.1, 0.15) is 73.6 Å². The summed E-state index contributed by atoms with van der Waals surface area (Å²) in [6, 6.07) is 7.21. The number of hydrogen-bond donors (Lipinski definition) is 1. The Kier molecular flexibility index (Phi) is 5.90. The van der Waals surface area contributed by atoms with Crippen molar-refractivity contribution in [3.63, 3.8) is 0 Å². The van der Waals surface area contributed by atoms with Gasteiger partial charge >= 0.3 is 0 Å². The van der Waals surface area contributed by atoms with Crippen molar-refractivity contribution in [3.8, 4) is 0 Å².